The van der Waals surface area contributed by atoms with E-state index in [1.54, 1.807) is 0 Å². The van der Waals surface area contributed by atoms with E-state index >= 15 is 0 Å². The molecular formula is C6H13O2. The largest absolute Gasteiger partial charge is 0.390 e. The van der Waals surface area contributed by atoms with Gasteiger partial charge < -0.3 is 10.2 Å². The second-order valence-corrected chi connectivity index (χ2v) is 2.30. The highest BCUT2D eigenvalue weighted by Crippen LogP contribution is 2.03. The first-order valence-electron chi connectivity index (χ1n) is 2.75. The maximum atomic E-state index is 8.89. The van der Waals surface area contributed by atoms with Gasteiger partial charge in [0, 0.05) is 0 Å². The van der Waals surface area contributed by atoms with Crippen molar-refractivity contribution in [3.63, 3.8) is 0 Å². The fourth-order valence-corrected chi connectivity index (χ4v) is 0.444. The van der Waals surface area contributed by atoms with E-state index in [0.29, 0.717) is 0 Å². The molecule has 0 heterocycles. The Balaban J connectivity index is 3.46. The second-order valence-electron chi connectivity index (χ2n) is 2.30. The van der Waals surface area contributed by atoms with Crippen molar-refractivity contribution in [1.82, 2.24) is 0 Å². The van der Waals surface area contributed by atoms with Crippen LogP contribution in [0.15, 0.2) is 0 Å². The zero-order valence-electron chi connectivity index (χ0n) is 5.33. The number of rotatable bonds is 2. The van der Waals surface area contributed by atoms with Gasteiger partial charge in [0.1, 0.15) is 0 Å². The minimum absolute atomic E-state index is 0.0856. The Morgan fingerprint density at radius 2 is 1.62 bits per heavy atom. The van der Waals surface area contributed by atoms with E-state index in [-0.39, 0.29) is 5.92 Å². The minimum Gasteiger partial charge on any atom is -0.390 e. The van der Waals surface area contributed by atoms with Crippen molar-refractivity contribution in [2.75, 3.05) is 0 Å². The molecule has 0 rings (SSSR count). The number of aliphatic hydroxyl groups excluding tert-OH is 2. The third-order valence-corrected chi connectivity index (χ3v) is 1.08. The minimum atomic E-state index is -0.852. The predicted molar refractivity (Wildman–Crippen MR) is 32.2 cm³/mol. The molecule has 0 aromatic carbocycles. The molecule has 0 saturated carbocycles. The molecule has 0 amide bonds. The van der Waals surface area contributed by atoms with Crippen molar-refractivity contribution in [2.24, 2.45) is 5.92 Å². The Morgan fingerprint density at radius 3 is 1.62 bits per heavy atom. The Labute approximate surface area is 50.2 Å². The Hall–Kier alpha value is -0.0800. The zero-order chi connectivity index (χ0) is 6.73. The topological polar surface area (TPSA) is 40.5 Å². The van der Waals surface area contributed by atoms with Crippen LogP contribution in [0.2, 0.25) is 0 Å². The molecule has 0 aliphatic heterocycles. The van der Waals surface area contributed by atoms with E-state index in [0.717, 1.165) is 0 Å². The highest BCUT2D eigenvalue weighted by atomic mass is 16.3. The molecule has 1 radical (unpaired) electrons. The molecule has 0 fully saturated rings. The maximum absolute atomic E-state index is 8.89. The average molecular weight is 117 g/mol. The molecule has 0 bridgehead atoms. The summed E-state index contributed by atoms with van der Waals surface area (Å²) in [6.07, 6.45) is -1.54. The lowest BCUT2D eigenvalue weighted by atomic mass is 10.0. The summed E-state index contributed by atoms with van der Waals surface area (Å²) in [4.78, 5) is 0. The molecule has 8 heavy (non-hydrogen) atoms. The molecule has 2 unspecified atom stereocenters. The van der Waals surface area contributed by atoms with E-state index in [9.17, 15) is 0 Å². The fraction of sp³-hybridized carbons (Fsp3) is 0.833. The predicted octanol–water partition coefficient (Wildman–Crippen LogP) is 0.198. The van der Waals surface area contributed by atoms with Crippen LogP contribution in [-0.4, -0.2) is 22.4 Å². The summed E-state index contributed by atoms with van der Waals surface area (Å²) in [6.45, 7) is 6.93. The molecule has 0 aliphatic carbocycles. The van der Waals surface area contributed by atoms with E-state index in [2.05, 4.69) is 6.92 Å². The monoisotopic (exact) mass is 117 g/mol. The molecule has 2 nitrogen and oxygen atoms in total. The summed E-state index contributed by atoms with van der Waals surface area (Å²) in [5, 5.41) is 17.5. The number of hydrogen-bond donors (Lipinski definition) is 2. The molecular weight excluding hydrogens is 104 g/mol. The van der Waals surface area contributed by atoms with Gasteiger partial charge in [-0.05, 0) is 12.8 Å². The van der Waals surface area contributed by atoms with Crippen molar-refractivity contribution in [3.8, 4) is 0 Å². The van der Waals surface area contributed by atoms with Crippen molar-refractivity contribution < 1.29 is 10.2 Å². The summed E-state index contributed by atoms with van der Waals surface area (Å²) < 4.78 is 0. The summed E-state index contributed by atoms with van der Waals surface area (Å²) in [5.74, 6) is 0.0856. The molecule has 0 spiro atoms. The van der Waals surface area contributed by atoms with E-state index < -0.39 is 12.2 Å². The normalized spacial score (nSPS) is 18.8. The first-order chi connectivity index (χ1) is 3.55. The van der Waals surface area contributed by atoms with Crippen LogP contribution in [0, 0.1) is 12.8 Å². The van der Waals surface area contributed by atoms with Crippen LogP contribution in [0.1, 0.15) is 13.8 Å². The highest BCUT2D eigenvalue weighted by Gasteiger charge is 2.13. The molecule has 2 heteroatoms. The summed E-state index contributed by atoms with van der Waals surface area (Å²) in [7, 11) is 0. The standard InChI is InChI=1S/C6H13O2/c1-4(2)6(8)5(3)7/h4-8H,3H2,1-2H3. The molecule has 0 saturated heterocycles. The third-order valence-electron chi connectivity index (χ3n) is 1.08. The molecule has 2 atom stereocenters. The molecule has 0 aromatic heterocycles. The van der Waals surface area contributed by atoms with Gasteiger partial charge >= 0.3 is 0 Å². The zero-order valence-corrected chi connectivity index (χ0v) is 5.33. The van der Waals surface area contributed by atoms with Gasteiger partial charge in [0.2, 0.25) is 0 Å². The lowest BCUT2D eigenvalue weighted by Gasteiger charge is -2.16. The van der Waals surface area contributed by atoms with Crippen LogP contribution in [-0.2, 0) is 0 Å². The Kier molecular flexibility index (Phi) is 3.02. The van der Waals surface area contributed by atoms with Crippen LogP contribution >= 0.6 is 0 Å². The average Bonchev–Trinajstić information content (AvgIpc) is 1.64. The molecule has 2 N–H and O–H groups in total. The molecule has 0 aromatic rings. The van der Waals surface area contributed by atoms with Crippen molar-refractivity contribution in [1.29, 1.82) is 0 Å². The van der Waals surface area contributed by atoms with Crippen LogP contribution in [0.5, 0.6) is 0 Å². The van der Waals surface area contributed by atoms with Crippen LogP contribution < -0.4 is 0 Å². The third kappa shape index (κ3) is 2.28. The van der Waals surface area contributed by atoms with Gasteiger partial charge in [0.05, 0.1) is 12.2 Å². The van der Waals surface area contributed by atoms with Gasteiger partial charge in [-0.3, -0.25) is 0 Å². The quantitative estimate of drug-likeness (QED) is 0.542. The van der Waals surface area contributed by atoms with Crippen molar-refractivity contribution >= 4 is 0 Å². The Bertz CT molecular complexity index is 51.5. The van der Waals surface area contributed by atoms with E-state index in [1.807, 2.05) is 13.8 Å². The summed E-state index contributed by atoms with van der Waals surface area (Å²) in [6, 6.07) is 0. The van der Waals surface area contributed by atoms with Crippen LogP contribution in [0.3, 0.4) is 0 Å². The van der Waals surface area contributed by atoms with Crippen molar-refractivity contribution in [3.05, 3.63) is 6.92 Å². The van der Waals surface area contributed by atoms with Gasteiger partial charge in [-0.2, -0.15) is 0 Å². The lowest BCUT2D eigenvalue weighted by Crippen LogP contribution is -2.27. The first kappa shape index (κ1) is 7.92. The molecule has 49 valence electrons. The van der Waals surface area contributed by atoms with Crippen molar-refractivity contribution in [2.45, 2.75) is 26.1 Å². The van der Waals surface area contributed by atoms with E-state index in [1.165, 1.54) is 0 Å². The Morgan fingerprint density at radius 1 is 1.25 bits per heavy atom. The van der Waals surface area contributed by atoms with Gasteiger partial charge in [-0.1, -0.05) is 13.8 Å². The number of hydrogen-bond acceptors (Lipinski definition) is 2. The smallest absolute Gasteiger partial charge is 0.0821 e. The van der Waals surface area contributed by atoms with Gasteiger partial charge in [0.15, 0.2) is 0 Å². The van der Waals surface area contributed by atoms with Gasteiger partial charge in [-0.15, -0.1) is 0 Å². The fourth-order valence-electron chi connectivity index (χ4n) is 0.444. The summed E-state index contributed by atoms with van der Waals surface area (Å²) >= 11 is 0. The van der Waals surface area contributed by atoms with Crippen LogP contribution in [0.25, 0.3) is 0 Å². The second kappa shape index (κ2) is 3.05. The lowest BCUT2D eigenvalue weighted by molar-refractivity contribution is 0.0167. The van der Waals surface area contributed by atoms with Gasteiger partial charge in [0.25, 0.3) is 0 Å². The highest BCUT2D eigenvalue weighted by molar-refractivity contribution is 4.70. The summed E-state index contributed by atoms with van der Waals surface area (Å²) in [5.41, 5.74) is 0. The SMILES string of the molecule is [CH2]C(O)C(O)C(C)C. The maximum Gasteiger partial charge on any atom is 0.0821 e. The number of aliphatic hydroxyl groups is 2. The van der Waals surface area contributed by atoms with E-state index in [4.69, 9.17) is 10.2 Å². The first-order valence-corrected chi connectivity index (χ1v) is 2.75. The van der Waals surface area contributed by atoms with Crippen LogP contribution in [0.4, 0.5) is 0 Å². The molecule has 0 aliphatic rings. The van der Waals surface area contributed by atoms with Gasteiger partial charge in [-0.25, -0.2) is 0 Å².